The third kappa shape index (κ3) is 3.91. The molecule has 0 spiro atoms. The first kappa shape index (κ1) is 19.8. The second kappa shape index (κ2) is 8.53. The van der Waals surface area contributed by atoms with Gasteiger partial charge < -0.3 is 10.6 Å². The number of hydrogen-bond acceptors (Lipinski definition) is 6. The van der Waals surface area contributed by atoms with Gasteiger partial charge in [-0.05, 0) is 62.6 Å². The van der Waals surface area contributed by atoms with Gasteiger partial charge in [-0.25, -0.2) is 19.2 Å². The highest BCUT2D eigenvalue weighted by Crippen LogP contribution is 2.44. The highest BCUT2D eigenvalue weighted by atomic mass is 19.1. The van der Waals surface area contributed by atoms with Crippen molar-refractivity contribution in [3.63, 3.8) is 0 Å². The Morgan fingerprint density at radius 1 is 1.03 bits per heavy atom. The molecule has 3 heterocycles. The number of rotatable bonds is 4. The Bertz CT molecular complexity index is 867. The van der Waals surface area contributed by atoms with Crippen molar-refractivity contribution in [2.75, 3.05) is 18.4 Å². The van der Waals surface area contributed by atoms with Crippen LogP contribution in [0.15, 0.2) is 30.6 Å². The molecule has 30 heavy (non-hydrogen) atoms. The molecule has 3 aliphatic rings. The van der Waals surface area contributed by atoms with Crippen molar-refractivity contribution in [3.05, 3.63) is 53.5 Å². The van der Waals surface area contributed by atoms with Gasteiger partial charge in [-0.3, -0.25) is 10.4 Å². The highest BCUT2D eigenvalue weighted by molar-refractivity contribution is 5.34. The first-order valence-corrected chi connectivity index (χ1v) is 10.9. The number of nitrogens with one attached hydrogen (secondary N) is 4. The Labute approximate surface area is 175 Å². The Morgan fingerprint density at radius 2 is 1.90 bits per heavy atom. The fraction of sp³-hybridized carbons (Fsp3) is 0.545. The smallest absolute Gasteiger partial charge is 0.145 e. The molecule has 4 N–H and O–H groups in total. The molecule has 2 aromatic rings. The molecule has 8 heteroatoms. The topological polar surface area (TPSA) is 73.9 Å². The van der Waals surface area contributed by atoms with Crippen LogP contribution in [0.1, 0.15) is 55.3 Å². The number of fused-ring (bicyclic) bond motifs is 1. The molecule has 6 nitrogen and oxygen atoms in total. The van der Waals surface area contributed by atoms with Crippen molar-refractivity contribution < 1.29 is 8.78 Å². The fourth-order valence-corrected chi connectivity index (χ4v) is 5.30. The number of halogens is 2. The van der Waals surface area contributed by atoms with Gasteiger partial charge in [0.1, 0.15) is 17.5 Å². The molecule has 3 fully saturated rings. The molecule has 0 amide bonds. The van der Waals surface area contributed by atoms with Gasteiger partial charge in [0, 0.05) is 24.2 Å². The van der Waals surface area contributed by atoms with Crippen molar-refractivity contribution in [2.24, 2.45) is 5.92 Å². The van der Waals surface area contributed by atoms with E-state index in [1.54, 1.807) is 12.4 Å². The Balaban J connectivity index is 1.34. The Morgan fingerprint density at radius 3 is 2.70 bits per heavy atom. The van der Waals surface area contributed by atoms with Crippen molar-refractivity contribution >= 4 is 5.82 Å². The molecule has 2 aliphatic heterocycles. The van der Waals surface area contributed by atoms with Crippen LogP contribution in [0.5, 0.6) is 0 Å². The molecule has 2 saturated heterocycles. The number of anilines is 1. The summed E-state index contributed by atoms with van der Waals surface area (Å²) in [4.78, 5) is 9.23. The lowest BCUT2D eigenvalue weighted by atomic mass is 9.73. The molecule has 0 radical (unpaired) electrons. The molecule has 5 rings (SSSR count). The Kier molecular flexibility index (Phi) is 5.62. The minimum atomic E-state index is -0.444. The van der Waals surface area contributed by atoms with Crippen LogP contribution in [0.25, 0.3) is 0 Å². The van der Waals surface area contributed by atoms with Gasteiger partial charge in [-0.15, -0.1) is 0 Å². The van der Waals surface area contributed by atoms with Gasteiger partial charge in [0.2, 0.25) is 0 Å². The van der Waals surface area contributed by atoms with E-state index in [0.717, 1.165) is 50.3 Å². The molecule has 1 aromatic carbocycles. The predicted molar refractivity (Wildman–Crippen MR) is 111 cm³/mol. The average molecular weight is 415 g/mol. The lowest BCUT2D eigenvalue weighted by Crippen LogP contribution is -2.38. The summed E-state index contributed by atoms with van der Waals surface area (Å²) >= 11 is 0. The van der Waals surface area contributed by atoms with Crippen molar-refractivity contribution in [1.29, 1.82) is 0 Å². The third-order valence-electron chi connectivity index (χ3n) is 6.78. The maximum atomic E-state index is 14.4. The summed E-state index contributed by atoms with van der Waals surface area (Å²) in [6.45, 7) is 1.99. The van der Waals surface area contributed by atoms with E-state index in [9.17, 15) is 8.78 Å². The van der Waals surface area contributed by atoms with Gasteiger partial charge in [-0.2, -0.15) is 0 Å². The molecular weight excluding hydrogens is 386 g/mol. The maximum Gasteiger partial charge on any atom is 0.145 e. The summed E-state index contributed by atoms with van der Waals surface area (Å²) < 4.78 is 28.7. The molecule has 1 aromatic heterocycles. The summed E-state index contributed by atoms with van der Waals surface area (Å²) in [6, 6.07) is 4.72. The molecule has 0 bridgehead atoms. The standard InChI is InChI=1S/C22H28F2N6/c23-16-4-1-5-17(24)21(16)13-6-7-18-15(9-13)22(30-29-18)19-11-26-12-20(28-19)27-14-3-2-8-25-10-14/h1,4-5,11-15,18,22,25,29-30H,2-3,6-10H2,(H,27,28). The predicted octanol–water partition coefficient (Wildman–Crippen LogP) is 3.02. The summed E-state index contributed by atoms with van der Waals surface area (Å²) in [5.41, 5.74) is 7.83. The van der Waals surface area contributed by atoms with Crippen LogP contribution in [-0.4, -0.2) is 35.1 Å². The number of hydrazine groups is 1. The zero-order valence-corrected chi connectivity index (χ0v) is 16.9. The van der Waals surface area contributed by atoms with E-state index in [-0.39, 0.29) is 29.5 Å². The number of hydrogen-bond donors (Lipinski definition) is 4. The fourth-order valence-electron chi connectivity index (χ4n) is 5.30. The SMILES string of the molecule is Fc1cccc(F)c1C1CCC2NNC(c3cncc(NC4CCCNC4)n3)C2C1. The van der Waals surface area contributed by atoms with E-state index in [0.29, 0.717) is 12.5 Å². The van der Waals surface area contributed by atoms with Crippen molar-refractivity contribution in [2.45, 2.75) is 56.1 Å². The molecule has 1 aliphatic carbocycles. The molecular formula is C22H28F2N6. The van der Waals surface area contributed by atoms with Crippen molar-refractivity contribution in [1.82, 2.24) is 26.1 Å². The summed E-state index contributed by atoms with van der Waals surface area (Å²) in [5, 5.41) is 6.88. The summed E-state index contributed by atoms with van der Waals surface area (Å²) in [5.74, 6) is -0.0381. The first-order chi connectivity index (χ1) is 14.7. The number of nitrogens with zero attached hydrogens (tertiary/aromatic N) is 2. The van der Waals surface area contributed by atoms with Crippen LogP contribution in [0.2, 0.25) is 0 Å². The zero-order valence-electron chi connectivity index (χ0n) is 16.9. The lowest BCUT2D eigenvalue weighted by molar-refractivity contribution is 0.269. The largest absolute Gasteiger partial charge is 0.365 e. The monoisotopic (exact) mass is 414 g/mol. The van der Waals surface area contributed by atoms with E-state index in [1.807, 2.05) is 0 Å². The average Bonchev–Trinajstić information content (AvgIpc) is 3.18. The second-order valence-electron chi connectivity index (χ2n) is 8.70. The van der Waals surface area contributed by atoms with E-state index >= 15 is 0 Å². The van der Waals surface area contributed by atoms with Gasteiger partial charge in [0.15, 0.2) is 0 Å². The van der Waals surface area contributed by atoms with Crippen molar-refractivity contribution in [3.8, 4) is 0 Å². The second-order valence-corrected chi connectivity index (χ2v) is 8.70. The van der Waals surface area contributed by atoms with Gasteiger partial charge >= 0.3 is 0 Å². The number of benzene rings is 1. The normalized spacial score (nSPS) is 31.3. The lowest BCUT2D eigenvalue weighted by Gasteiger charge is -2.33. The number of piperidine rings is 1. The Hall–Kier alpha value is -2.16. The van der Waals surface area contributed by atoms with E-state index in [1.165, 1.54) is 18.2 Å². The minimum absolute atomic E-state index is 0.0358. The van der Waals surface area contributed by atoms with Gasteiger partial charge in [0.05, 0.1) is 24.1 Å². The third-order valence-corrected chi connectivity index (χ3v) is 6.78. The molecule has 5 unspecified atom stereocenters. The number of aromatic nitrogens is 2. The van der Waals surface area contributed by atoms with Crippen LogP contribution in [0.4, 0.5) is 14.6 Å². The van der Waals surface area contributed by atoms with E-state index < -0.39 is 11.6 Å². The maximum absolute atomic E-state index is 14.4. The van der Waals surface area contributed by atoms with Crippen LogP contribution in [0, 0.1) is 17.6 Å². The van der Waals surface area contributed by atoms with Crippen LogP contribution in [-0.2, 0) is 0 Å². The zero-order chi connectivity index (χ0) is 20.5. The van der Waals surface area contributed by atoms with Gasteiger partial charge in [0.25, 0.3) is 0 Å². The molecule has 160 valence electrons. The highest BCUT2D eigenvalue weighted by Gasteiger charge is 2.43. The van der Waals surface area contributed by atoms with Crippen LogP contribution >= 0.6 is 0 Å². The minimum Gasteiger partial charge on any atom is -0.365 e. The molecule has 1 saturated carbocycles. The summed E-state index contributed by atoms with van der Waals surface area (Å²) in [7, 11) is 0. The van der Waals surface area contributed by atoms with Crippen LogP contribution in [0.3, 0.4) is 0 Å². The van der Waals surface area contributed by atoms with Crippen LogP contribution < -0.4 is 21.5 Å². The quantitative estimate of drug-likeness (QED) is 0.617. The summed E-state index contributed by atoms with van der Waals surface area (Å²) in [6.07, 6.45) is 8.15. The first-order valence-electron chi connectivity index (χ1n) is 10.9. The van der Waals surface area contributed by atoms with E-state index in [2.05, 4.69) is 26.5 Å². The van der Waals surface area contributed by atoms with E-state index in [4.69, 9.17) is 4.98 Å². The van der Waals surface area contributed by atoms with Gasteiger partial charge in [-0.1, -0.05) is 6.07 Å². The molecule has 5 atom stereocenters.